The first kappa shape index (κ1) is 29.7. The highest BCUT2D eigenvalue weighted by Crippen LogP contribution is 2.42. The molecule has 7 aromatic carbocycles. The maximum absolute atomic E-state index is 6.44. The van der Waals surface area contributed by atoms with Gasteiger partial charge in [-0.15, -0.1) is 11.3 Å². The van der Waals surface area contributed by atoms with Crippen LogP contribution in [0.5, 0.6) is 0 Å². The molecule has 6 nitrogen and oxygen atoms in total. The van der Waals surface area contributed by atoms with E-state index in [0.29, 0.717) is 17.5 Å². The molecule has 0 saturated heterocycles. The maximum atomic E-state index is 6.44. The number of thiophene rings is 1. The molecule has 0 spiro atoms. The zero-order valence-electron chi connectivity index (χ0n) is 28.1. The van der Waals surface area contributed by atoms with E-state index in [9.17, 15) is 0 Å². The maximum Gasteiger partial charge on any atom is 0.167 e. The number of hydrogen-bond acceptors (Lipinski definition) is 6. The fourth-order valence-electron chi connectivity index (χ4n) is 7.47. The second kappa shape index (κ2) is 11.8. The van der Waals surface area contributed by atoms with Crippen LogP contribution in [-0.4, -0.2) is 24.5 Å². The number of para-hydroxylation sites is 5. The van der Waals surface area contributed by atoms with Gasteiger partial charge in [-0.2, -0.15) is 0 Å². The molecule has 0 aliphatic heterocycles. The molecule has 0 N–H and O–H groups in total. The lowest BCUT2D eigenvalue weighted by Gasteiger charge is -2.10. The zero-order chi connectivity index (χ0) is 34.9. The minimum atomic E-state index is 0.567. The van der Waals surface area contributed by atoms with Crippen molar-refractivity contribution in [3.8, 4) is 51.2 Å². The molecule has 248 valence electrons. The second-order valence-electron chi connectivity index (χ2n) is 13.0. The average molecular weight is 698 g/mol. The second-order valence-corrected chi connectivity index (χ2v) is 14.1. The van der Waals surface area contributed by atoms with Crippen LogP contribution in [-0.2, 0) is 0 Å². The third-order valence-electron chi connectivity index (χ3n) is 9.88. The number of imidazole rings is 1. The molecule has 11 rings (SSSR count). The van der Waals surface area contributed by atoms with Crippen LogP contribution in [0.3, 0.4) is 0 Å². The van der Waals surface area contributed by atoms with Crippen molar-refractivity contribution >= 4 is 64.5 Å². The Bertz CT molecular complexity index is 3180. The van der Waals surface area contributed by atoms with Gasteiger partial charge in [0.1, 0.15) is 17.0 Å². The molecule has 4 heterocycles. The van der Waals surface area contributed by atoms with Crippen LogP contribution in [0.15, 0.2) is 168 Å². The Hall–Kier alpha value is -6.96. The number of nitrogens with zero attached hydrogens (tertiary/aromatic N) is 5. The van der Waals surface area contributed by atoms with Crippen molar-refractivity contribution in [1.29, 1.82) is 0 Å². The van der Waals surface area contributed by atoms with E-state index in [1.807, 2.05) is 72.8 Å². The number of hydrogen-bond donors (Lipinski definition) is 0. The molecule has 0 aliphatic carbocycles. The average Bonchev–Trinajstić information content (AvgIpc) is 3.92. The predicted molar refractivity (Wildman–Crippen MR) is 216 cm³/mol. The Morgan fingerprint density at radius 2 is 1.17 bits per heavy atom. The van der Waals surface area contributed by atoms with E-state index in [2.05, 4.69) is 95.6 Å². The first-order valence-electron chi connectivity index (χ1n) is 17.5. The molecule has 0 atom stereocenters. The monoisotopic (exact) mass is 697 g/mol. The molecule has 0 bridgehead atoms. The molecule has 4 aromatic heterocycles. The van der Waals surface area contributed by atoms with Gasteiger partial charge in [-0.3, -0.25) is 4.57 Å². The van der Waals surface area contributed by atoms with Crippen molar-refractivity contribution in [2.24, 2.45) is 0 Å². The van der Waals surface area contributed by atoms with E-state index in [-0.39, 0.29) is 0 Å². The third kappa shape index (κ3) is 4.79. The highest BCUT2D eigenvalue weighted by molar-refractivity contribution is 7.26. The lowest BCUT2D eigenvalue weighted by Crippen LogP contribution is -2.00. The van der Waals surface area contributed by atoms with E-state index in [1.165, 1.54) is 4.70 Å². The van der Waals surface area contributed by atoms with Gasteiger partial charge < -0.3 is 4.42 Å². The Morgan fingerprint density at radius 1 is 0.472 bits per heavy atom. The largest absolute Gasteiger partial charge is 0.455 e. The molecule has 11 aromatic rings. The van der Waals surface area contributed by atoms with Gasteiger partial charge in [-0.05, 0) is 48.5 Å². The topological polar surface area (TPSA) is 69.6 Å². The Balaban J connectivity index is 1.11. The number of benzene rings is 7. The summed E-state index contributed by atoms with van der Waals surface area (Å²) in [6, 6.07) is 56.2. The van der Waals surface area contributed by atoms with Crippen molar-refractivity contribution in [2.75, 3.05) is 0 Å². The van der Waals surface area contributed by atoms with Gasteiger partial charge >= 0.3 is 0 Å². The summed E-state index contributed by atoms with van der Waals surface area (Å²) in [5.41, 5.74) is 8.46. The van der Waals surface area contributed by atoms with Gasteiger partial charge in [0.05, 0.1) is 16.6 Å². The molecule has 0 fully saturated rings. The van der Waals surface area contributed by atoms with E-state index < -0.39 is 0 Å². The molecular formula is C46H27N5OS. The summed E-state index contributed by atoms with van der Waals surface area (Å²) in [5.74, 6) is 2.70. The summed E-state index contributed by atoms with van der Waals surface area (Å²) in [4.78, 5) is 20.5. The molecule has 0 unspecified atom stereocenters. The van der Waals surface area contributed by atoms with Crippen LogP contribution in [0.1, 0.15) is 0 Å². The summed E-state index contributed by atoms with van der Waals surface area (Å²) in [6.45, 7) is 0. The van der Waals surface area contributed by atoms with Gasteiger partial charge in [0.2, 0.25) is 0 Å². The molecule has 0 aliphatic rings. The third-order valence-corrected chi connectivity index (χ3v) is 11.0. The van der Waals surface area contributed by atoms with Crippen molar-refractivity contribution in [1.82, 2.24) is 24.5 Å². The van der Waals surface area contributed by atoms with Gasteiger partial charge in [0, 0.05) is 53.3 Å². The number of rotatable bonds is 5. The van der Waals surface area contributed by atoms with Gasteiger partial charge in [0.25, 0.3) is 0 Å². The minimum absolute atomic E-state index is 0.567. The van der Waals surface area contributed by atoms with Crippen LogP contribution in [0.25, 0.3) is 104 Å². The molecule has 0 amide bonds. The SMILES string of the molecule is c1ccc(-c2nc(-c3cccc4c3oc3ccccc34)nc(-c3cccc4sc5cc(-c6nc7ccccc7n6-c6ccccc6)ccc5c34)n2)cc1. The fourth-order valence-corrected chi connectivity index (χ4v) is 8.64. The van der Waals surface area contributed by atoms with Crippen molar-refractivity contribution in [3.05, 3.63) is 164 Å². The summed E-state index contributed by atoms with van der Waals surface area (Å²) in [6.07, 6.45) is 0. The standard InChI is InChI=1S/C46H27N5OS/c1-3-13-28(14-4-1)43-48-44(50-45(49-43)35-20-11-18-32-31-17-7-10-23-38(31)52-42(32)35)34-19-12-24-39-41(34)33-26-25-29(27-40(33)53-39)46-47-36-21-8-9-22-37(36)51(46)30-15-5-2-6-16-30/h1-27H. The van der Waals surface area contributed by atoms with E-state index >= 15 is 0 Å². The summed E-state index contributed by atoms with van der Waals surface area (Å²) >= 11 is 1.77. The Morgan fingerprint density at radius 3 is 2.06 bits per heavy atom. The van der Waals surface area contributed by atoms with Gasteiger partial charge in [-0.1, -0.05) is 115 Å². The van der Waals surface area contributed by atoms with Gasteiger partial charge in [0.15, 0.2) is 17.5 Å². The highest BCUT2D eigenvalue weighted by atomic mass is 32.1. The van der Waals surface area contributed by atoms with Crippen LogP contribution < -0.4 is 0 Å². The van der Waals surface area contributed by atoms with Crippen LogP contribution in [0.4, 0.5) is 0 Å². The quantitative estimate of drug-likeness (QED) is 0.179. The summed E-state index contributed by atoms with van der Waals surface area (Å²) < 4.78 is 11.0. The minimum Gasteiger partial charge on any atom is -0.455 e. The first-order valence-corrected chi connectivity index (χ1v) is 18.3. The van der Waals surface area contributed by atoms with Crippen LogP contribution >= 0.6 is 11.3 Å². The first-order chi connectivity index (χ1) is 26.3. The zero-order valence-corrected chi connectivity index (χ0v) is 29.0. The van der Waals surface area contributed by atoms with Crippen molar-refractivity contribution in [3.63, 3.8) is 0 Å². The molecule has 53 heavy (non-hydrogen) atoms. The van der Waals surface area contributed by atoms with Crippen molar-refractivity contribution in [2.45, 2.75) is 0 Å². The van der Waals surface area contributed by atoms with E-state index in [4.69, 9.17) is 24.4 Å². The van der Waals surface area contributed by atoms with Crippen LogP contribution in [0, 0.1) is 0 Å². The number of furan rings is 1. The molecule has 0 radical (unpaired) electrons. The van der Waals surface area contributed by atoms with E-state index in [0.717, 1.165) is 82.2 Å². The van der Waals surface area contributed by atoms with Crippen LogP contribution in [0.2, 0.25) is 0 Å². The van der Waals surface area contributed by atoms with Crippen molar-refractivity contribution < 1.29 is 4.42 Å². The molecular weight excluding hydrogens is 671 g/mol. The van der Waals surface area contributed by atoms with Gasteiger partial charge in [-0.25, -0.2) is 19.9 Å². The van der Waals surface area contributed by atoms with E-state index in [1.54, 1.807) is 11.3 Å². The smallest absolute Gasteiger partial charge is 0.167 e. The lowest BCUT2D eigenvalue weighted by molar-refractivity contribution is 0.669. The Labute approximate surface area is 307 Å². The normalized spacial score (nSPS) is 11.8. The fraction of sp³-hybridized carbons (Fsp3) is 0. The highest BCUT2D eigenvalue weighted by Gasteiger charge is 2.21. The lowest BCUT2D eigenvalue weighted by atomic mass is 10.0. The molecule has 0 saturated carbocycles. The summed E-state index contributed by atoms with van der Waals surface area (Å²) in [7, 11) is 0. The molecule has 7 heteroatoms. The number of fused-ring (bicyclic) bond motifs is 7. The number of aromatic nitrogens is 5. The Kier molecular flexibility index (Phi) is 6.62. The predicted octanol–water partition coefficient (Wildman–Crippen LogP) is 12.1. The summed E-state index contributed by atoms with van der Waals surface area (Å²) in [5, 5.41) is 4.36.